The number of nitrogens with zero attached hydrogens (tertiary/aromatic N) is 2. The van der Waals surface area contributed by atoms with Gasteiger partial charge in [-0.25, -0.2) is 0 Å². The Morgan fingerprint density at radius 3 is 2.38 bits per heavy atom. The van der Waals surface area contributed by atoms with Crippen LogP contribution in [0.1, 0.15) is 18.5 Å². The van der Waals surface area contributed by atoms with Gasteiger partial charge < -0.3 is 19.8 Å². The number of aromatic hydroxyl groups is 1. The molecule has 0 aliphatic carbocycles. The zero-order chi connectivity index (χ0) is 18.5. The molecule has 3 rings (SSSR count). The molecule has 26 heavy (non-hydrogen) atoms. The Morgan fingerprint density at radius 2 is 1.73 bits per heavy atom. The van der Waals surface area contributed by atoms with Gasteiger partial charge in [0.05, 0.1) is 37.9 Å². The van der Waals surface area contributed by atoms with Crippen LogP contribution in [0.5, 0.6) is 5.75 Å². The molecule has 1 saturated heterocycles. The molecule has 0 unspecified atom stereocenters. The maximum absolute atomic E-state index is 12.7. The third kappa shape index (κ3) is 4.17. The summed E-state index contributed by atoms with van der Waals surface area (Å²) in [5, 5.41) is 10.0. The first-order valence-corrected chi connectivity index (χ1v) is 9.23. The number of anilines is 1. The van der Waals surface area contributed by atoms with Gasteiger partial charge in [0.25, 0.3) is 5.91 Å². The van der Waals surface area contributed by atoms with E-state index in [0.29, 0.717) is 12.3 Å². The van der Waals surface area contributed by atoms with Gasteiger partial charge in [0.2, 0.25) is 0 Å². The highest BCUT2D eigenvalue weighted by atomic mass is 16.3. The molecule has 1 atom stereocenters. The van der Waals surface area contributed by atoms with E-state index in [1.54, 1.807) is 6.07 Å². The fourth-order valence-corrected chi connectivity index (χ4v) is 3.48. The zero-order valence-corrected chi connectivity index (χ0v) is 15.6. The van der Waals surface area contributed by atoms with Crippen LogP contribution in [-0.4, -0.2) is 55.7 Å². The molecule has 5 heteroatoms. The number of hydrogen-bond acceptors (Lipinski definition) is 3. The van der Waals surface area contributed by atoms with Gasteiger partial charge in [-0.05, 0) is 24.6 Å². The van der Waals surface area contributed by atoms with E-state index in [-0.39, 0.29) is 11.9 Å². The van der Waals surface area contributed by atoms with E-state index in [9.17, 15) is 9.90 Å². The van der Waals surface area contributed by atoms with Crippen molar-refractivity contribution in [3.8, 4) is 5.75 Å². The number of phenols is 1. The summed E-state index contributed by atoms with van der Waals surface area (Å²) in [6.07, 6.45) is 0. The van der Waals surface area contributed by atoms with Crippen molar-refractivity contribution < 1.29 is 14.8 Å². The van der Waals surface area contributed by atoms with Crippen LogP contribution in [0.4, 0.5) is 5.69 Å². The van der Waals surface area contributed by atoms with Gasteiger partial charge in [0.1, 0.15) is 5.75 Å². The third-order valence-corrected chi connectivity index (χ3v) is 5.35. The lowest BCUT2D eigenvalue weighted by Crippen LogP contribution is -3.15. The van der Waals surface area contributed by atoms with E-state index in [1.165, 1.54) is 4.90 Å². The van der Waals surface area contributed by atoms with E-state index in [4.69, 9.17) is 0 Å². The van der Waals surface area contributed by atoms with Crippen molar-refractivity contribution in [1.82, 2.24) is 4.90 Å². The molecular formula is C21H28N3O2+. The van der Waals surface area contributed by atoms with Crippen LogP contribution in [-0.2, 0) is 4.79 Å². The molecule has 0 bridgehead atoms. The van der Waals surface area contributed by atoms with Crippen LogP contribution >= 0.6 is 0 Å². The molecule has 138 valence electrons. The second-order valence-corrected chi connectivity index (χ2v) is 6.99. The number of nitrogens with one attached hydrogen (secondary N) is 1. The Kier molecular flexibility index (Phi) is 5.78. The molecule has 2 aromatic rings. The molecule has 0 saturated carbocycles. The first-order chi connectivity index (χ1) is 12.6. The van der Waals surface area contributed by atoms with Gasteiger partial charge in [-0.15, -0.1) is 0 Å². The van der Waals surface area contributed by atoms with Crippen LogP contribution in [0.2, 0.25) is 0 Å². The number of rotatable bonds is 5. The molecule has 1 heterocycles. The Hall–Kier alpha value is -2.53. The van der Waals surface area contributed by atoms with Gasteiger partial charge in [-0.3, -0.25) is 4.79 Å². The number of carbonyl (C=O) groups is 1. The number of quaternary nitrogens is 1. The number of para-hydroxylation sites is 2. The number of amides is 1. The second-order valence-electron chi connectivity index (χ2n) is 6.99. The van der Waals surface area contributed by atoms with E-state index in [1.807, 2.05) is 48.3 Å². The van der Waals surface area contributed by atoms with E-state index >= 15 is 0 Å². The summed E-state index contributed by atoms with van der Waals surface area (Å²) in [7, 11) is 1.89. The molecular weight excluding hydrogens is 326 g/mol. The highest BCUT2D eigenvalue weighted by Gasteiger charge is 2.26. The number of carbonyl (C=O) groups excluding carboxylic acids is 1. The third-order valence-electron chi connectivity index (χ3n) is 5.35. The maximum atomic E-state index is 12.7. The van der Waals surface area contributed by atoms with Gasteiger partial charge >= 0.3 is 0 Å². The zero-order valence-electron chi connectivity index (χ0n) is 15.6. The predicted molar refractivity (Wildman–Crippen MR) is 104 cm³/mol. The van der Waals surface area contributed by atoms with Crippen molar-refractivity contribution in [2.24, 2.45) is 0 Å². The van der Waals surface area contributed by atoms with Crippen LogP contribution in [0.25, 0.3) is 0 Å². The number of benzene rings is 2. The Balaban J connectivity index is 1.52. The lowest BCUT2D eigenvalue weighted by molar-refractivity contribution is -0.892. The first-order valence-electron chi connectivity index (χ1n) is 9.23. The number of likely N-dealkylation sites (N-methyl/N-ethyl adjacent to an activating group) is 1. The van der Waals surface area contributed by atoms with Crippen LogP contribution in [0, 0.1) is 0 Å². The fourth-order valence-electron chi connectivity index (χ4n) is 3.48. The highest BCUT2D eigenvalue weighted by molar-refractivity contribution is 5.77. The SMILES string of the molecule is C[C@H](c1ccccc1)N(C)C(=O)C[NH+]1CCN(c2ccccc2O)CC1. The summed E-state index contributed by atoms with van der Waals surface area (Å²) in [5.41, 5.74) is 2.04. The molecule has 0 radical (unpaired) electrons. The Labute approximate surface area is 155 Å². The van der Waals surface area contributed by atoms with Crippen molar-refractivity contribution in [1.29, 1.82) is 0 Å². The molecule has 0 spiro atoms. The standard InChI is InChI=1S/C21H27N3O2/c1-17(18-8-4-3-5-9-18)22(2)21(26)16-23-12-14-24(15-13-23)19-10-6-7-11-20(19)25/h3-11,17,25H,12-16H2,1-2H3/p+1/t17-/m1/s1. The normalized spacial score (nSPS) is 16.3. The van der Waals surface area contributed by atoms with E-state index in [0.717, 1.165) is 37.4 Å². The topological polar surface area (TPSA) is 48.2 Å². The summed E-state index contributed by atoms with van der Waals surface area (Å²) in [5.74, 6) is 0.496. The minimum Gasteiger partial charge on any atom is -0.506 e. The molecule has 1 amide bonds. The van der Waals surface area contributed by atoms with E-state index in [2.05, 4.69) is 24.0 Å². The molecule has 5 nitrogen and oxygen atoms in total. The van der Waals surface area contributed by atoms with Crippen molar-refractivity contribution in [2.75, 3.05) is 44.7 Å². The van der Waals surface area contributed by atoms with Crippen molar-refractivity contribution >= 4 is 11.6 Å². The van der Waals surface area contributed by atoms with Crippen LogP contribution in [0.15, 0.2) is 54.6 Å². The summed E-state index contributed by atoms with van der Waals surface area (Å²) in [4.78, 5) is 18.0. The summed E-state index contributed by atoms with van der Waals surface area (Å²) in [6, 6.07) is 17.6. The molecule has 0 aromatic heterocycles. The number of piperazine rings is 1. The highest BCUT2D eigenvalue weighted by Crippen LogP contribution is 2.26. The van der Waals surface area contributed by atoms with Crippen LogP contribution in [0.3, 0.4) is 0 Å². The quantitative estimate of drug-likeness (QED) is 0.851. The molecule has 1 aliphatic heterocycles. The average molecular weight is 354 g/mol. The van der Waals surface area contributed by atoms with Gasteiger partial charge in [-0.2, -0.15) is 0 Å². The maximum Gasteiger partial charge on any atom is 0.278 e. The largest absolute Gasteiger partial charge is 0.506 e. The molecule has 1 fully saturated rings. The lowest BCUT2D eigenvalue weighted by Gasteiger charge is -2.34. The van der Waals surface area contributed by atoms with Gasteiger partial charge in [0.15, 0.2) is 6.54 Å². The van der Waals surface area contributed by atoms with E-state index < -0.39 is 0 Å². The number of hydrogen-bond donors (Lipinski definition) is 2. The Morgan fingerprint density at radius 1 is 1.12 bits per heavy atom. The monoisotopic (exact) mass is 354 g/mol. The molecule has 1 aliphatic rings. The van der Waals surface area contributed by atoms with Crippen LogP contribution < -0.4 is 9.80 Å². The summed E-state index contributed by atoms with van der Waals surface area (Å²) in [6.45, 7) is 6.07. The Bertz CT molecular complexity index is 727. The lowest BCUT2D eigenvalue weighted by atomic mass is 10.1. The van der Waals surface area contributed by atoms with Crippen molar-refractivity contribution in [3.63, 3.8) is 0 Å². The fraction of sp³-hybridized carbons (Fsp3) is 0.381. The second kappa shape index (κ2) is 8.23. The minimum absolute atomic E-state index is 0.0747. The van der Waals surface area contributed by atoms with Crippen molar-refractivity contribution in [2.45, 2.75) is 13.0 Å². The minimum atomic E-state index is 0.0747. The van der Waals surface area contributed by atoms with Crippen molar-refractivity contribution in [3.05, 3.63) is 60.2 Å². The molecule has 2 N–H and O–H groups in total. The predicted octanol–water partition coefficient (Wildman–Crippen LogP) is 1.32. The summed E-state index contributed by atoms with van der Waals surface area (Å²) >= 11 is 0. The average Bonchev–Trinajstić information content (AvgIpc) is 2.68. The van der Waals surface area contributed by atoms with Gasteiger partial charge in [-0.1, -0.05) is 42.5 Å². The smallest absolute Gasteiger partial charge is 0.278 e. The first kappa shape index (κ1) is 18.3. The summed E-state index contributed by atoms with van der Waals surface area (Å²) < 4.78 is 0. The number of phenolic OH excluding ortho intramolecular Hbond substituents is 1. The molecule has 2 aromatic carbocycles. The van der Waals surface area contributed by atoms with Gasteiger partial charge in [0, 0.05) is 7.05 Å².